The van der Waals surface area contributed by atoms with Gasteiger partial charge in [-0.15, -0.1) is 12.3 Å². The van der Waals surface area contributed by atoms with Crippen LogP contribution >= 0.6 is 0 Å². The molecule has 0 unspecified atom stereocenters. The number of terminal acetylenes is 1. The first kappa shape index (κ1) is 16.3. The largest absolute Gasteiger partial charge is 0.480 e. The van der Waals surface area contributed by atoms with Crippen LogP contribution in [-0.2, 0) is 4.79 Å². The Hall–Kier alpha value is -1.74. The van der Waals surface area contributed by atoms with Gasteiger partial charge in [0.15, 0.2) is 0 Å². The summed E-state index contributed by atoms with van der Waals surface area (Å²) in [6, 6.07) is -1.35. The van der Waals surface area contributed by atoms with E-state index in [1.165, 1.54) is 0 Å². The molecule has 102 valence electrons. The number of amides is 2. The molecule has 6 nitrogen and oxygen atoms in total. The molecule has 0 aliphatic rings. The normalized spacial score (nSPS) is 11.3. The summed E-state index contributed by atoms with van der Waals surface area (Å²) < 4.78 is 0. The third-order valence-corrected chi connectivity index (χ3v) is 2.33. The maximum Gasteiger partial charge on any atom is 0.326 e. The van der Waals surface area contributed by atoms with Crippen LogP contribution in [-0.4, -0.2) is 43.3 Å². The molecule has 0 spiro atoms. The molecule has 0 radical (unpaired) electrons. The summed E-state index contributed by atoms with van der Waals surface area (Å²) in [5.41, 5.74) is 0. The predicted octanol–water partition coefficient (Wildman–Crippen LogP) is 0.152. The maximum absolute atomic E-state index is 11.4. The monoisotopic (exact) mass is 255 g/mol. The van der Waals surface area contributed by atoms with Crippen molar-refractivity contribution in [1.29, 1.82) is 0 Å². The van der Waals surface area contributed by atoms with Crippen LogP contribution in [0.4, 0.5) is 4.79 Å². The zero-order valence-corrected chi connectivity index (χ0v) is 10.7. The van der Waals surface area contributed by atoms with Crippen molar-refractivity contribution in [2.75, 3.05) is 20.1 Å². The highest BCUT2D eigenvalue weighted by Crippen LogP contribution is 2.00. The van der Waals surface area contributed by atoms with Gasteiger partial charge in [-0.1, -0.05) is 0 Å². The second-order valence-corrected chi connectivity index (χ2v) is 3.84. The number of hydrogen-bond acceptors (Lipinski definition) is 3. The Morgan fingerprint density at radius 3 is 2.61 bits per heavy atom. The molecule has 4 N–H and O–H groups in total. The van der Waals surface area contributed by atoms with Crippen molar-refractivity contribution in [3.63, 3.8) is 0 Å². The Kier molecular flexibility index (Phi) is 9.41. The van der Waals surface area contributed by atoms with E-state index in [0.717, 1.165) is 19.4 Å². The average molecular weight is 255 g/mol. The Bertz CT molecular complexity index is 299. The molecule has 2 amide bonds. The van der Waals surface area contributed by atoms with Gasteiger partial charge in [-0.2, -0.15) is 0 Å². The fourth-order valence-corrected chi connectivity index (χ4v) is 1.37. The minimum atomic E-state index is -1.02. The fraction of sp³-hybridized carbons (Fsp3) is 0.667. The topological polar surface area (TPSA) is 90.5 Å². The van der Waals surface area contributed by atoms with Crippen molar-refractivity contribution in [2.24, 2.45) is 0 Å². The van der Waals surface area contributed by atoms with Crippen molar-refractivity contribution in [3.8, 4) is 12.3 Å². The Labute approximate surface area is 108 Å². The van der Waals surface area contributed by atoms with E-state index in [2.05, 4.69) is 21.9 Å². The number of nitrogens with one attached hydrogen (secondary N) is 3. The lowest BCUT2D eigenvalue weighted by Gasteiger charge is -2.14. The molecule has 0 rings (SSSR count). The second kappa shape index (κ2) is 10.4. The van der Waals surface area contributed by atoms with Crippen molar-refractivity contribution in [3.05, 3.63) is 0 Å². The quantitative estimate of drug-likeness (QED) is 0.349. The number of rotatable bonds is 9. The van der Waals surface area contributed by atoms with Crippen LogP contribution in [0.2, 0.25) is 0 Å². The van der Waals surface area contributed by atoms with Crippen LogP contribution in [0, 0.1) is 12.3 Å². The number of carboxylic acids is 1. The van der Waals surface area contributed by atoms with Crippen molar-refractivity contribution >= 4 is 12.0 Å². The third kappa shape index (κ3) is 8.42. The molecular weight excluding hydrogens is 234 g/mol. The summed E-state index contributed by atoms with van der Waals surface area (Å²) >= 11 is 0. The predicted molar refractivity (Wildman–Crippen MR) is 69.2 cm³/mol. The molecule has 6 heteroatoms. The van der Waals surface area contributed by atoms with Gasteiger partial charge >= 0.3 is 12.0 Å². The molecule has 18 heavy (non-hydrogen) atoms. The van der Waals surface area contributed by atoms with E-state index in [9.17, 15) is 9.59 Å². The number of carboxylic acid groups (broad SMARTS) is 1. The van der Waals surface area contributed by atoms with E-state index in [0.29, 0.717) is 19.4 Å². The average Bonchev–Trinajstić information content (AvgIpc) is 2.33. The molecule has 0 bridgehead atoms. The Balaban J connectivity index is 3.92. The van der Waals surface area contributed by atoms with Gasteiger partial charge in [0.05, 0.1) is 0 Å². The van der Waals surface area contributed by atoms with Crippen LogP contribution in [0.1, 0.15) is 25.7 Å². The number of hydrogen-bond donors (Lipinski definition) is 4. The van der Waals surface area contributed by atoms with E-state index in [-0.39, 0.29) is 0 Å². The summed E-state index contributed by atoms with van der Waals surface area (Å²) in [5.74, 6) is 1.36. The first-order valence-corrected chi connectivity index (χ1v) is 5.97. The molecule has 0 aromatic heterocycles. The Morgan fingerprint density at radius 2 is 2.06 bits per heavy atom. The highest BCUT2D eigenvalue weighted by molar-refractivity contribution is 5.82. The van der Waals surface area contributed by atoms with E-state index < -0.39 is 18.0 Å². The van der Waals surface area contributed by atoms with E-state index in [1.807, 2.05) is 7.05 Å². The third-order valence-electron chi connectivity index (χ3n) is 2.33. The van der Waals surface area contributed by atoms with Crippen molar-refractivity contribution in [2.45, 2.75) is 31.7 Å². The minimum Gasteiger partial charge on any atom is -0.480 e. The van der Waals surface area contributed by atoms with Crippen molar-refractivity contribution in [1.82, 2.24) is 16.0 Å². The highest BCUT2D eigenvalue weighted by Gasteiger charge is 2.18. The van der Waals surface area contributed by atoms with Gasteiger partial charge in [0.1, 0.15) is 6.04 Å². The molecule has 0 aliphatic heterocycles. The summed E-state index contributed by atoms with van der Waals surface area (Å²) in [6.07, 6.45) is 7.49. The second-order valence-electron chi connectivity index (χ2n) is 3.84. The SMILES string of the molecule is C#CCCNC(=O)N[C@@H](CCCCNC)C(=O)O. The molecule has 0 saturated carbocycles. The zero-order chi connectivity index (χ0) is 13.8. The molecule has 0 fully saturated rings. The van der Waals surface area contributed by atoms with Crippen LogP contribution in [0.3, 0.4) is 0 Å². The molecule has 0 aromatic rings. The zero-order valence-electron chi connectivity index (χ0n) is 10.7. The number of carbonyl (C=O) groups is 2. The Morgan fingerprint density at radius 1 is 1.33 bits per heavy atom. The summed E-state index contributed by atoms with van der Waals surface area (Å²) in [7, 11) is 1.84. The number of unbranched alkanes of at least 4 members (excludes halogenated alkanes) is 1. The molecule has 0 saturated heterocycles. The highest BCUT2D eigenvalue weighted by atomic mass is 16.4. The van der Waals surface area contributed by atoms with E-state index in [4.69, 9.17) is 11.5 Å². The van der Waals surface area contributed by atoms with Gasteiger partial charge in [-0.3, -0.25) is 0 Å². The van der Waals surface area contributed by atoms with E-state index >= 15 is 0 Å². The fourth-order valence-electron chi connectivity index (χ4n) is 1.37. The van der Waals surface area contributed by atoms with Gasteiger partial charge < -0.3 is 21.1 Å². The lowest BCUT2D eigenvalue weighted by molar-refractivity contribution is -0.139. The van der Waals surface area contributed by atoms with Crippen LogP contribution in [0.25, 0.3) is 0 Å². The van der Waals surface area contributed by atoms with Crippen LogP contribution < -0.4 is 16.0 Å². The van der Waals surface area contributed by atoms with Gasteiger partial charge in [0.25, 0.3) is 0 Å². The summed E-state index contributed by atoms with van der Waals surface area (Å²) in [6.45, 7) is 1.18. The van der Waals surface area contributed by atoms with Gasteiger partial charge in [0.2, 0.25) is 0 Å². The minimum absolute atomic E-state index is 0.342. The standard InChI is InChI=1S/C12H21N3O3/c1-3-4-9-14-12(18)15-10(11(16)17)7-5-6-8-13-2/h1,10,13H,4-9H2,2H3,(H,16,17)(H2,14,15,18)/t10-/m0/s1. The lowest BCUT2D eigenvalue weighted by atomic mass is 10.1. The van der Waals surface area contributed by atoms with Crippen LogP contribution in [0.15, 0.2) is 0 Å². The maximum atomic E-state index is 11.4. The first-order valence-electron chi connectivity index (χ1n) is 5.97. The van der Waals surface area contributed by atoms with Crippen molar-refractivity contribution < 1.29 is 14.7 Å². The molecule has 1 atom stereocenters. The summed E-state index contributed by atoms with van der Waals surface area (Å²) in [5, 5.41) is 16.9. The van der Waals surface area contributed by atoms with E-state index in [1.54, 1.807) is 0 Å². The lowest BCUT2D eigenvalue weighted by Crippen LogP contribution is -2.46. The molecule has 0 heterocycles. The first-order chi connectivity index (χ1) is 8.61. The van der Waals surface area contributed by atoms with Crippen LogP contribution in [0.5, 0.6) is 0 Å². The van der Waals surface area contributed by atoms with Gasteiger partial charge in [-0.25, -0.2) is 9.59 Å². The molecule has 0 aliphatic carbocycles. The van der Waals surface area contributed by atoms with Gasteiger partial charge in [0, 0.05) is 13.0 Å². The molecule has 0 aromatic carbocycles. The summed E-state index contributed by atoms with van der Waals surface area (Å²) in [4.78, 5) is 22.3. The number of urea groups is 1. The van der Waals surface area contributed by atoms with Gasteiger partial charge in [-0.05, 0) is 32.9 Å². The molecular formula is C12H21N3O3. The number of aliphatic carboxylic acids is 1. The smallest absolute Gasteiger partial charge is 0.326 e. The number of carbonyl (C=O) groups excluding carboxylic acids is 1.